The normalized spacial score (nSPS) is 12.4. The van der Waals surface area contributed by atoms with E-state index >= 15 is 0 Å². The van der Waals surface area contributed by atoms with Crippen LogP contribution in [-0.2, 0) is 11.2 Å². The van der Waals surface area contributed by atoms with Crippen LogP contribution in [0.4, 0.5) is 0 Å². The zero-order valence-electron chi connectivity index (χ0n) is 8.03. The lowest BCUT2D eigenvalue weighted by atomic mass is 9.97. The van der Waals surface area contributed by atoms with Gasteiger partial charge in [0.1, 0.15) is 0 Å². The fraction of sp³-hybridized carbons (Fsp3) is 0.364. The Hall–Kier alpha value is -0.580. The van der Waals surface area contributed by atoms with Gasteiger partial charge in [-0.05, 0) is 53.1 Å². The molecule has 2 nitrogen and oxygen atoms in total. The Morgan fingerprint density at radius 1 is 1.43 bits per heavy atom. The van der Waals surface area contributed by atoms with Gasteiger partial charge >= 0.3 is 5.97 Å². The van der Waals surface area contributed by atoms with Gasteiger partial charge in [-0.3, -0.25) is 4.79 Å². The largest absolute Gasteiger partial charge is 0.481 e. The lowest BCUT2D eigenvalue weighted by molar-refractivity contribution is -0.141. The predicted molar refractivity (Wildman–Crippen MR) is 64.3 cm³/mol. The highest BCUT2D eigenvalue weighted by molar-refractivity contribution is 14.1. The second kappa shape index (κ2) is 5.34. The lowest BCUT2D eigenvalue weighted by Gasteiger charge is -2.09. The van der Waals surface area contributed by atoms with Crippen molar-refractivity contribution >= 4 is 28.6 Å². The molecule has 0 aliphatic heterocycles. The standard InChI is InChI=1S/C11H13IO2/c1-2-9(11(13)14)7-8-3-5-10(12)6-4-8/h3-6,9H,2,7H2,1H3,(H,13,14)/t9-/m0/s1. The first kappa shape index (κ1) is 11.5. The summed E-state index contributed by atoms with van der Waals surface area (Å²) in [6, 6.07) is 8.00. The molecule has 0 aromatic heterocycles. The summed E-state index contributed by atoms with van der Waals surface area (Å²) in [6.45, 7) is 1.91. The van der Waals surface area contributed by atoms with E-state index in [-0.39, 0.29) is 5.92 Å². The summed E-state index contributed by atoms with van der Waals surface area (Å²) in [4.78, 5) is 10.8. The van der Waals surface area contributed by atoms with Crippen LogP contribution < -0.4 is 0 Å². The molecule has 1 aromatic carbocycles. The van der Waals surface area contributed by atoms with Crippen molar-refractivity contribution in [3.63, 3.8) is 0 Å². The van der Waals surface area contributed by atoms with Gasteiger partial charge in [-0.1, -0.05) is 19.1 Å². The van der Waals surface area contributed by atoms with Crippen molar-refractivity contribution in [2.24, 2.45) is 5.92 Å². The third kappa shape index (κ3) is 3.29. The maximum absolute atomic E-state index is 10.8. The number of hydrogen-bond donors (Lipinski definition) is 1. The summed E-state index contributed by atoms with van der Waals surface area (Å²) >= 11 is 2.24. The first-order valence-electron chi connectivity index (χ1n) is 4.60. The van der Waals surface area contributed by atoms with Crippen molar-refractivity contribution in [1.29, 1.82) is 0 Å². The molecule has 0 heterocycles. The van der Waals surface area contributed by atoms with Crippen LogP contribution in [0.1, 0.15) is 18.9 Å². The van der Waals surface area contributed by atoms with Crippen LogP contribution in [0.2, 0.25) is 0 Å². The molecule has 1 N–H and O–H groups in total. The highest BCUT2D eigenvalue weighted by atomic mass is 127. The van der Waals surface area contributed by atoms with Gasteiger partial charge in [0, 0.05) is 3.57 Å². The smallest absolute Gasteiger partial charge is 0.306 e. The van der Waals surface area contributed by atoms with E-state index in [0.717, 1.165) is 5.56 Å². The maximum Gasteiger partial charge on any atom is 0.306 e. The molecule has 0 saturated heterocycles. The Kier molecular flexibility index (Phi) is 4.38. The number of benzene rings is 1. The summed E-state index contributed by atoms with van der Waals surface area (Å²) in [5.41, 5.74) is 1.10. The third-order valence-electron chi connectivity index (χ3n) is 2.24. The maximum atomic E-state index is 10.8. The molecule has 0 fully saturated rings. The fourth-order valence-electron chi connectivity index (χ4n) is 1.31. The van der Waals surface area contributed by atoms with Crippen molar-refractivity contribution < 1.29 is 9.90 Å². The number of rotatable bonds is 4. The van der Waals surface area contributed by atoms with Gasteiger partial charge in [0.25, 0.3) is 0 Å². The molecule has 1 aromatic rings. The zero-order valence-corrected chi connectivity index (χ0v) is 10.2. The van der Waals surface area contributed by atoms with Gasteiger partial charge in [-0.2, -0.15) is 0 Å². The Morgan fingerprint density at radius 3 is 2.43 bits per heavy atom. The van der Waals surface area contributed by atoms with E-state index in [1.807, 2.05) is 31.2 Å². The van der Waals surface area contributed by atoms with Gasteiger partial charge in [0.2, 0.25) is 0 Å². The van der Waals surface area contributed by atoms with E-state index in [1.165, 1.54) is 3.57 Å². The Labute approximate surface area is 97.5 Å². The fourth-order valence-corrected chi connectivity index (χ4v) is 1.67. The van der Waals surface area contributed by atoms with Crippen LogP contribution in [0.5, 0.6) is 0 Å². The van der Waals surface area contributed by atoms with E-state index in [9.17, 15) is 4.79 Å². The van der Waals surface area contributed by atoms with Gasteiger partial charge in [-0.25, -0.2) is 0 Å². The van der Waals surface area contributed by atoms with E-state index in [4.69, 9.17) is 5.11 Å². The van der Waals surface area contributed by atoms with Crippen LogP contribution in [-0.4, -0.2) is 11.1 Å². The molecule has 3 heteroatoms. The van der Waals surface area contributed by atoms with Crippen molar-refractivity contribution in [3.8, 4) is 0 Å². The summed E-state index contributed by atoms with van der Waals surface area (Å²) in [6.07, 6.45) is 1.31. The molecule has 0 radical (unpaired) electrons. The topological polar surface area (TPSA) is 37.3 Å². The molecule has 0 amide bonds. The van der Waals surface area contributed by atoms with Crippen LogP contribution >= 0.6 is 22.6 Å². The van der Waals surface area contributed by atoms with E-state index in [0.29, 0.717) is 12.8 Å². The Balaban J connectivity index is 2.67. The number of carboxylic acids is 1. The number of carbonyl (C=O) groups is 1. The Morgan fingerprint density at radius 2 is 2.00 bits per heavy atom. The van der Waals surface area contributed by atoms with Crippen LogP contribution in [0, 0.1) is 9.49 Å². The minimum atomic E-state index is -0.703. The summed E-state index contributed by atoms with van der Waals surface area (Å²) in [5.74, 6) is -0.957. The molecule has 0 spiro atoms. The van der Waals surface area contributed by atoms with Crippen LogP contribution in [0.15, 0.2) is 24.3 Å². The van der Waals surface area contributed by atoms with Gasteiger partial charge in [-0.15, -0.1) is 0 Å². The van der Waals surface area contributed by atoms with Crippen molar-refractivity contribution in [2.75, 3.05) is 0 Å². The molecule has 1 atom stereocenters. The van der Waals surface area contributed by atoms with Crippen LogP contribution in [0.3, 0.4) is 0 Å². The number of halogens is 1. The van der Waals surface area contributed by atoms with Gasteiger partial charge in [0.05, 0.1) is 5.92 Å². The molecule has 14 heavy (non-hydrogen) atoms. The predicted octanol–water partition coefficient (Wildman–Crippen LogP) is 2.94. The van der Waals surface area contributed by atoms with Gasteiger partial charge in [0.15, 0.2) is 0 Å². The summed E-state index contributed by atoms with van der Waals surface area (Å²) < 4.78 is 1.18. The summed E-state index contributed by atoms with van der Waals surface area (Å²) in [7, 11) is 0. The summed E-state index contributed by atoms with van der Waals surface area (Å²) in [5, 5.41) is 8.89. The minimum absolute atomic E-state index is 0.255. The van der Waals surface area contributed by atoms with Crippen LogP contribution in [0.25, 0.3) is 0 Å². The second-order valence-electron chi connectivity index (χ2n) is 3.27. The molecule has 0 bridgehead atoms. The molecule has 0 unspecified atom stereocenters. The average Bonchev–Trinajstić information content (AvgIpc) is 2.16. The lowest BCUT2D eigenvalue weighted by Crippen LogP contribution is -2.15. The first-order valence-corrected chi connectivity index (χ1v) is 5.68. The molecule has 1 rings (SSSR count). The van der Waals surface area contributed by atoms with E-state index < -0.39 is 5.97 Å². The monoisotopic (exact) mass is 304 g/mol. The van der Waals surface area contributed by atoms with Crippen molar-refractivity contribution in [2.45, 2.75) is 19.8 Å². The average molecular weight is 304 g/mol. The third-order valence-corrected chi connectivity index (χ3v) is 2.96. The number of carboxylic acid groups (broad SMARTS) is 1. The Bertz CT molecular complexity index is 306. The highest BCUT2D eigenvalue weighted by Crippen LogP contribution is 2.14. The quantitative estimate of drug-likeness (QED) is 0.868. The molecule has 0 aliphatic carbocycles. The van der Waals surface area contributed by atoms with E-state index in [2.05, 4.69) is 22.6 Å². The highest BCUT2D eigenvalue weighted by Gasteiger charge is 2.14. The SMILES string of the molecule is CC[C@@H](Cc1ccc(I)cc1)C(=O)O. The minimum Gasteiger partial charge on any atom is -0.481 e. The molecule has 0 saturated carbocycles. The van der Waals surface area contributed by atoms with Crippen molar-refractivity contribution in [3.05, 3.63) is 33.4 Å². The number of hydrogen-bond acceptors (Lipinski definition) is 1. The molecular weight excluding hydrogens is 291 g/mol. The molecule has 76 valence electrons. The number of aliphatic carboxylic acids is 1. The van der Waals surface area contributed by atoms with Crippen molar-refractivity contribution in [1.82, 2.24) is 0 Å². The molecule has 0 aliphatic rings. The zero-order chi connectivity index (χ0) is 10.6. The second-order valence-corrected chi connectivity index (χ2v) is 4.52. The van der Waals surface area contributed by atoms with Gasteiger partial charge < -0.3 is 5.11 Å². The van der Waals surface area contributed by atoms with E-state index in [1.54, 1.807) is 0 Å². The first-order chi connectivity index (χ1) is 6.63. The molecular formula is C11H13IO2.